The van der Waals surface area contributed by atoms with Crippen molar-refractivity contribution < 1.29 is 4.74 Å². The summed E-state index contributed by atoms with van der Waals surface area (Å²) in [5.41, 5.74) is 1.03. The minimum absolute atomic E-state index is 0.0579. The number of rotatable bonds is 2. The standard InChI is InChI=1S/C17H15Cl2N3OS/c1-10-20-16(12-4-7-24-17(12)21-10)22-5-6-23-15(9-22)11-2-3-13(18)14(19)8-11/h2-4,7-8,15H,5-6,9H2,1H3/t15-/m0/s1. The Morgan fingerprint density at radius 1 is 1.21 bits per heavy atom. The molecule has 1 fully saturated rings. The summed E-state index contributed by atoms with van der Waals surface area (Å²) in [7, 11) is 0. The zero-order chi connectivity index (χ0) is 16.7. The fourth-order valence-corrected chi connectivity index (χ4v) is 4.05. The van der Waals surface area contributed by atoms with Crippen LogP contribution in [0.5, 0.6) is 0 Å². The van der Waals surface area contributed by atoms with E-state index in [1.54, 1.807) is 11.3 Å². The summed E-state index contributed by atoms with van der Waals surface area (Å²) >= 11 is 13.8. The first-order valence-electron chi connectivity index (χ1n) is 7.65. The molecular weight excluding hydrogens is 365 g/mol. The Balaban J connectivity index is 1.67. The van der Waals surface area contributed by atoms with Crippen molar-refractivity contribution in [3.05, 3.63) is 51.1 Å². The highest BCUT2D eigenvalue weighted by Gasteiger charge is 2.25. The molecule has 24 heavy (non-hydrogen) atoms. The molecule has 0 spiro atoms. The van der Waals surface area contributed by atoms with Gasteiger partial charge in [-0.1, -0.05) is 29.3 Å². The van der Waals surface area contributed by atoms with Crippen molar-refractivity contribution in [2.75, 3.05) is 24.6 Å². The molecule has 1 aromatic carbocycles. The number of hydrogen-bond donors (Lipinski definition) is 0. The van der Waals surface area contributed by atoms with E-state index in [9.17, 15) is 0 Å². The van der Waals surface area contributed by atoms with Crippen LogP contribution in [0.4, 0.5) is 5.82 Å². The van der Waals surface area contributed by atoms with Gasteiger partial charge in [-0.15, -0.1) is 11.3 Å². The molecule has 1 aliphatic rings. The summed E-state index contributed by atoms with van der Waals surface area (Å²) in [6, 6.07) is 7.74. The number of aromatic nitrogens is 2. The van der Waals surface area contributed by atoms with Crippen LogP contribution in [0.25, 0.3) is 10.2 Å². The van der Waals surface area contributed by atoms with Crippen LogP contribution >= 0.6 is 34.5 Å². The lowest BCUT2D eigenvalue weighted by atomic mass is 10.1. The number of benzene rings is 1. The first kappa shape index (κ1) is 16.1. The van der Waals surface area contributed by atoms with Gasteiger partial charge in [0.2, 0.25) is 0 Å². The smallest absolute Gasteiger partial charge is 0.141 e. The van der Waals surface area contributed by atoms with E-state index in [1.165, 1.54) is 0 Å². The number of aryl methyl sites for hydroxylation is 1. The van der Waals surface area contributed by atoms with Gasteiger partial charge < -0.3 is 9.64 Å². The first-order chi connectivity index (χ1) is 11.6. The van der Waals surface area contributed by atoms with Crippen LogP contribution in [0.1, 0.15) is 17.5 Å². The number of hydrogen-bond acceptors (Lipinski definition) is 5. The summed E-state index contributed by atoms with van der Waals surface area (Å²) in [5.74, 6) is 1.77. The van der Waals surface area contributed by atoms with Gasteiger partial charge in [-0.05, 0) is 36.1 Å². The quantitative estimate of drug-likeness (QED) is 0.635. The van der Waals surface area contributed by atoms with Gasteiger partial charge in [-0.2, -0.15) is 0 Å². The maximum absolute atomic E-state index is 6.15. The molecule has 4 nitrogen and oxygen atoms in total. The molecule has 0 radical (unpaired) electrons. The number of anilines is 1. The number of nitrogens with zero attached hydrogens (tertiary/aromatic N) is 3. The third-order valence-electron chi connectivity index (χ3n) is 4.10. The fourth-order valence-electron chi connectivity index (χ4n) is 2.94. The Hall–Kier alpha value is -1.40. The summed E-state index contributed by atoms with van der Waals surface area (Å²) in [6.45, 7) is 4.09. The van der Waals surface area contributed by atoms with Crippen LogP contribution < -0.4 is 4.90 Å². The lowest BCUT2D eigenvalue weighted by molar-refractivity contribution is 0.0396. The zero-order valence-electron chi connectivity index (χ0n) is 13.0. The molecule has 0 aliphatic carbocycles. The van der Waals surface area contributed by atoms with Crippen molar-refractivity contribution in [2.24, 2.45) is 0 Å². The molecule has 3 aromatic rings. The Labute approximate surface area is 154 Å². The molecule has 4 rings (SSSR count). The molecule has 2 aromatic heterocycles. The van der Waals surface area contributed by atoms with Crippen LogP contribution in [-0.4, -0.2) is 29.7 Å². The minimum atomic E-state index is -0.0579. The second-order valence-corrected chi connectivity index (χ2v) is 7.42. The fraction of sp³-hybridized carbons (Fsp3) is 0.294. The molecular formula is C17H15Cl2N3OS. The Kier molecular flexibility index (Phi) is 4.35. The van der Waals surface area contributed by atoms with Gasteiger partial charge in [0.1, 0.15) is 22.6 Å². The maximum Gasteiger partial charge on any atom is 0.141 e. The molecule has 0 saturated carbocycles. The second kappa shape index (κ2) is 6.48. The number of ether oxygens (including phenoxy) is 1. The van der Waals surface area contributed by atoms with Crippen LogP contribution in [0.2, 0.25) is 10.0 Å². The van der Waals surface area contributed by atoms with E-state index in [0.717, 1.165) is 40.5 Å². The number of fused-ring (bicyclic) bond motifs is 1. The van der Waals surface area contributed by atoms with Crippen molar-refractivity contribution >= 4 is 50.6 Å². The van der Waals surface area contributed by atoms with E-state index in [2.05, 4.69) is 26.3 Å². The minimum Gasteiger partial charge on any atom is -0.370 e. The van der Waals surface area contributed by atoms with E-state index in [1.807, 2.05) is 25.1 Å². The number of halogens is 2. The Morgan fingerprint density at radius 3 is 2.92 bits per heavy atom. The zero-order valence-corrected chi connectivity index (χ0v) is 15.3. The van der Waals surface area contributed by atoms with E-state index < -0.39 is 0 Å². The second-order valence-electron chi connectivity index (χ2n) is 5.71. The summed E-state index contributed by atoms with van der Waals surface area (Å²) in [6.07, 6.45) is -0.0579. The molecule has 0 amide bonds. The molecule has 7 heteroatoms. The van der Waals surface area contributed by atoms with Crippen LogP contribution in [0, 0.1) is 6.92 Å². The van der Waals surface area contributed by atoms with Crippen molar-refractivity contribution in [2.45, 2.75) is 13.0 Å². The van der Waals surface area contributed by atoms with Crippen molar-refractivity contribution in [1.82, 2.24) is 9.97 Å². The number of morpholine rings is 1. The average molecular weight is 380 g/mol. The van der Waals surface area contributed by atoms with Gasteiger partial charge in [-0.3, -0.25) is 0 Å². The molecule has 3 heterocycles. The van der Waals surface area contributed by atoms with Crippen LogP contribution in [0.15, 0.2) is 29.6 Å². The first-order valence-corrected chi connectivity index (χ1v) is 9.29. The SMILES string of the molecule is Cc1nc(N2CCO[C@H](c3ccc(Cl)c(Cl)c3)C2)c2ccsc2n1. The third-order valence-corrected chi connectivity index (χ3v) is 5.64. The largest absolute Gasteiger partial charge is 0.370 e. The van der Waals surface area contributed by atoms with E-state index in [-0.39, 0.29) is 6.10 Å². The summed E-state index contributed by atoms with van der Waals surface area (Å²) in [5, 5.41) is 4.26. The van der Waals surface area contributed by atoms with E-state index in [4.69, 9.17) is 27.9 Å². The highest BCUT2D eigenvalue weighted by atomic mass is 35.5. The molecule has 1 saturated heterocycles. The number of thiophene rings is 1. The topological polar surface area (TPSA) is 38.2 Å². The third kappa shape index (κ3) is 2.97. The van der Waals surface area contributed by atoms with Crippen molar-refractivity contribution in [1.29, 1.82) is 0 Å². The van der Waals surface area contributed by atoms with Crippen LogP contribution in [0.3, 0.4) is 0 Å². The molecule has 124 valence electrons. The van der Waals surface area contributed by atoms with Gasteiger partial charge in [0.15, 0.2) is 0 Å². The summed E-state index contributed by atoms with van der Waals surface area (Å²) in [4.78, 5) is 12.5. The molecule has 1 atom stereocenters. The predicted molar refractivity (Wildman–Crippen MR) is 99.5 cm³/mol. The van der Waals surface area contributed by atoms with E-state index in [0.29, 0.717) is 16.7 Å². The van der Waals surface area contributed by atoms with Gasteiger partial charge in [-0.25, -0.2) is 9.97 Å². The van der Waals surface area contributed by atoms with E-state index >= 15 is 0 Å². The molecule has 0 N–H and O–H groups in total. The predicted octanol–water partition coefficient (Wildman–Crippen LogP) is 4.88. The normalized spacial score (nSPS) is 18.3. The molecule has 0 unspecified atom stereocenters. The highest BCUT2D eigenvalue weighted by Crippen LogP contribution is 2.33. The lowest BCUT2D eigenvalue weighted by Crippen LogP contribution is -2.39. The molecule has 1 aliphatic heterocycles. The Bertz CT molecular complexity index is 899. The van der Waals surface area contributed by atoms with Gasteiger partial charge in [0, 0.05) is 13.1 Å². The van der Waals surface area contributed by atoms with Crippen molar-refractivity contribution in [3.8, 4) is 0 Å². The van der Waals surface area contributed by atoms with Gasteiger partial charge >= 0.3 is 0 Å². The monoisotopic (exact) mass is 379 g/mol. The highest BCUT2D eigenvalue weighted by molar-refractivity contribution is 7.16. The Morgan fingerprint density at radius 2 is 2.08 bits per heavy atom. The van der Waals surface area contributed by atoms with Gasteiger partial charge in [0.25, 0.3) is 0 Å². The van der Waals surface area contributed by atoms with Crippen LogP contribution in [-0.2, 0) is 4.74 Å². The maximum atomic E-state index is 6.15. The summed E-state index contributed by atoms with van der Waals surface area (Å²) < 4.78 is 5.95. The average Bonchev–Trinajstić information content (AvgIpc) is 3.05. The lowest BCUT2D eigenvalue weighted by Gasteiger charge is -2.34. The van der Waals surface area contributed by atoms with Crippen molar-refractivity contribution in [3.63, 3.8) is 0 Å². The van der Waals surface area contributed by atoms with Gasteiger partial charge in [0.05, 0.1) is 22.0 Å². The molecule has 0 bridgehead atoms.